The van der Waals surface area contributed by atoms with Crippen molar-refractivity contribution < 1.29 is 26.5 Å². The summed E-state index contributed by atoms with van der Waals surface area (Å²) in [4.78, 5) is 0. The van der Waals surface area contributed by atoms with Crippen LogP contribution in [-0.4, -0.2) is 9.52 Å². The van der Waals surface area contributed by atoms with E-state index in [4.69, 9.17) is 4.74 Å². The van der Waals surface area contributed by atoms with Crippen LogP contribution in [0.25, 0.3) is 0 Å². The summed E-state index contributed by atoms with van der Waals surface area (Å²) in [6, 6.07) is 9.89. The van der Waals surface area contributed by atoms with E-state index in [-0.39, 0.29) is 32.5 Å². The summed E-state index contributed by atoms with van der Waals surface area (Å²) in [5.74, 6) is 0.871. The van der Waals surface area contributed by atoms with Gasteiger partial charge in [0.2, 0.25) is 0 Å². The van der Waals surface area contributed by atoms with Gasteiger partial charge < -0.3 is 4.74 Å². The summed E-state index contributed by atoms with van der Waals surface area (Å²) in [5.41, 5.74) is 2.79. The summed E-state index contributed by atoms with van der Waals surface area (Å²) in [7, 11) is 0.750. The van der Waals surface area contributed by atoms with Gasteiger partial charge in [-0.05, 0) is 35.5 Å². The van der Waals surface area contributed by atoms with Crippen LogP contribution in [0.15, 0.2) is 72.0 Å². The number of ether oxygens (including phenoxy) is 1. The molecule has 1 aliphatic carbocycles. The molecule has 0 spiro atoms. The van der Waals surface area contributed by atoms with Crippen LogP contribution in [0.1, 0.15) is 54.9 Å². The average molecular weight is 445 g/mol. The van der Waals surface area contributed by atoms with E-state index in [0.29, 0.717) is 0 Å². The third-order valence-electron chi connectivity index (χ3n) is 4.07. The van der Waals surface area contributed by atoms with Gasteiger partial charge >= 0.3 is 0 Å². The van der Waals surface area contributed by atoms with Gasteiger partial charge in [0.25, 0.3) is 0 Å². The van der Waals surface area contributed by atoms with Crippen molar-refractivity contribution in [1.29, 1.82) is 0 Å². The van der Waals surface area contributed by atoms with Crippen molar-refractivity contribution in [3.8, 4) is 5.75 Å². The minimum atomic E-state index is 0. The molecule has 3 heteroatoms. The normalized spacial score (nSPS) is 13.6. The second-order valence-corrected chi connectivity index (χ2v) is 10.1. The van der Waals surface area contributed by atoms with Gasteiger partial charge in [-0.25, -0.2) is 12.2 Å². The van der Waals surface area contributed by atoms with Gasteiger partial charge in [0.15, 0.2) is 0 Å². The van der Waals surface area contributed by atoms with Gasteiger partial charge in [-0.2, -0.15) is 6.08 Å². The van der Waals surface area contributed by atoms with Crippen molar-refractivity contribution in [1.82, 2.24) is 0 Å². The van der Waals surface area contributed by atoms with Gasteiger partial charge in [0.05, 0.1) is 6.26 Å². The molecule has 0 heterocycles. The molecule has 0 aromatic heterocycles. The Morgan fingerprint density at radius 2 is 1.55 bits per heavy atom. The molecule has 1 aromatic carbocycles. The summed E-state index contributed by atoms with van der Waals surface area (Å²) in [5, 5.41) is 0. The van der Waals surface area contributed by atoms with Gasteiger partial charge in [-0.1, -0.05) is 84.5 Å². The minimum Gasteiger partial charge on any atom is -0.465 e. The van der Waals surface area contributed by atoms with E-state index in [1.807, 2.05) is 48.7 Å². The molecule has 0 fully saturated rings. The number of rotatable bonds is 3. The van der Waals surface area contributed by atoms with Crippen molar-refractivity contribution in [3.05, 3.63) is 78.1 Å². The van der Waals surface area contributed by atoms with Crippen LogP contribution in [-0.2, 0) is 21.7 Å². The third-order valence-corrected chi connectivity index (χ3v) is 4.07. The fraction of sp³-hybridized carbons (Fsp3) is 0.462. The van der Waals surface area contributed by atoms with Gasteiger partial charge in [0.1, 0.15) is 5.75 Å². The van der Waals surface area contributed by atoms with E-state index in [1.54, 1.807) is 0 Å². The maximum absolute atomic E-state index is 5.80. The van der Waals surface area contributed by atoms with E-state index in [1.165, 1.54) is 11.1 Å². The summed E-state index contributed by atoms with van der Waals surface area (Å²) < 4.78 is 5.80. The molecule has 29 heavy (non-hydrogen) atoms. The number of para-hydroxylation sites is 1. The van der Waals surface area contributed by atoms with Crippen LogP contribution in [0.4, 0.5) is 0 Å². The first-order valence-electron chi connectivity index (χ1n) is 10.1. The molecule has 0 saturated carbocycles. The zero-order valence-corrected chi connectivity index (χ0v) is 22.7. The van der Waals surface area contributed by atoms with Crippen molar-refractivity contribution in [2.45, 2.75) is 68.0 Å². The van der Waals surface area contributed by atoms with Gasteiger partial charge in [-0.3, -0.25) is 6.08 Å². The van der Waals surface area contributed by atoms with Crippen molar-refractivity contribution >= 4 is 9.52 Å². The second kappa shape index (κ2) is 15.7. The number of benzene rings is 1. The number of allylic oxidation sites excluding steroid dienone is 7. The summed E-state index contributed by atoms with van der Waals surface area (Å²) >= 11 is 0. The van der Waals surface area contributed by atoms with Gasteiger partial charge in [0, 0.05) is 31.2 Å². The van der Waals surface area contributed by atoms with E-state index in [0.717, 1.165) is 21.7 Å². The van der Waals surface area contributed by atoms with Crippen molar-refractivity contribution in [2.24, 2.45) is 10.8 Å². The number of hydrogen-bond donors (Lipinski definition) is 0. The molecule has 1 radical (unpaired) electrons. The van der Waals surface area contributed by atoms with Crippen LogP contribution in [0.2, 0.25) is 13.1 Å². The Morgan fingerprint density at radius 1 is 1.00 bits per heavy atom. The smallest absolute Gasteiger partial charge is 0.126 e. The SMILES string of the molecule is CC(=CC(=COc1ccccc1)C(C)(C)C)C(C)(C)C.C[SiH]C.[C-]1=CC=CC1.[Ti]. The fourth-order valence-electron chi connectivity index (χ4n) is 1.85. The topological polar surface area (TPSA) is 9.23 Å². The molecule has 0 saturated heterocycles. The largest absolute Gasteiger partial charge is 0.465 e. The standard InChI is InChI=1S/C19H28O.C5H5.C2H7Si.Ti/c1-15(18(2,3)4)13-16(19(5,6)7)14-20-17-11-9-8-10-12-17;1-2-4-5-3-1;1-3-2;/h8-14H,1-7H3;1-3H,4H2;3H,1-2H3;/q;-1;;. The fourth-order valence-corrected chi connectivity index (χ4v) is 1.85. The van der Waals surface area contributed by atoms with E-state index >= 15 is 0 Å². The molecule has 1 aromatic rings. The Morgan fingerprint density at radius 3 is 1.90 bits per heavy atom. The molecule has 0 atom stereocenters. The summed E-state index contributed by atoms with van der Waals surface area (Å²) in [6.07, 6.45) is 14.1. The molecule has 1 nitrogen and oxygen atoms in total. The van der Waals surface area contributed by atoms with E-state index < -0.39 is 0 Å². The van der Waals surface area contributed by atoms with Gasteiger partial charge in [-0.15, -0.1) is 6.42 Å². The molecule has 1 aliphatic rings. The molecular weight excluding hydrogens is 404 g/mol. The van der Waals surface area contributed by atoms with E-state index in [9.17, 15) is 0 Å². The first-order valence-corrected chi connectivity index (χ1v) is 12.4. The first-order chi connectivity index (χ1) is 13.0. The molecular formula is C26H40OSiTi-. The van der Waals surface area contributed by atoms with Crippen molar-refractivity contribution in [3.63, 3.8) is 0 Å². The molecule has 0 aliphatic heterocycles. The number of hydrogen-bond acceptors (Lipinski definition) is 1. The molecule has 0 N–H and O–H groups in total. The van der Waals surface area contributed by atoms with E-state index in [2.05, 4.69) is 79.8 Å². The maximum atomic E-state index is 5.80. The minimum absolute atomic E-state index is 0. The Balaban J connectivity index is 0. The average Bonchev–Trinajstić information content (AvgIpc) is 3.18. The van der Waals surface area contributed by atoms with Crippen LogP contribution >= 0.6 is 0 Å². The first kappa shape index (κ1) is 30.1. The van der Waals surface area contributed by atoms with Crippen molar-refractivity contribution in [2.75, 3.05) is 0 Å². The molecule has 0 bridgehead atoms. The molecule has 0 amide bonds. The quantitative estimate of drug-likeness (QED) is 0.200. The Labute approximate surface area is 198 Å². The molecule has 159 valence electrons. The predicted molar refractivity (Wildman–Crippen MR) is 128 cm³/mol. The zero-order valence-electron chi connectivity index (χ0n) is 20.0. The molecule has 0 unspecified atom stereocenters. The second-order valence-electron chi connectivity index (χ2n) is 8.91. The predicted octanol–water partition coefficient (Wildman–Crippen LogP) is 7.81. The maximum Gasteiger partial charge on any atom is 0.126 e. The summed E-state index contributed by atoms with van der Waals surface area (Å²) in [6.45, 7) is 19.9. The molecule has 2 rings (SSSR count). The third kappa shape index (κ3) is 15.4. The Kier molecular flexibility index (Phi) is 16.3. The van der Waals surface area contributed by atoms with Crippen LogP contribution in [0.3, 0.4) is 0 Å². The monoisotopic (exact) mass is 444 g/mol. The zero-order chi connectivity index (χ0) is 21.6. The van der Waals surface area contributed by atoms with Crippen LogP contribution < -0.4 is 4.74 Å². The van der Waals surface area contributed by atoms with Crippen LogP contribution in [0.5, 0.6) is 5.75 Å². The Bertz CT molecular complexity index is 646. The van der Waals surface area contributed by atoms with Crippen LogP contribution in [0, 0.1) is 16.9 Å². The Hall–Kier alpha value is -1.09.